The van der Waals surface area contributed by atoms with Gasteiger partial charge in [-0.2, -0.15) is 0 Å². The summed E-state index contributed by atoms with van der Waals surface area (Å²) in [6.07, 6.45) is 3.05. The van der Waals surface area contributed by atoms with Crippen LogP contribution in [0.5, 0.6) is 0 Å². The second-order valence-corrected chi connectivity index (χ2v) is 11.1. The van der Waals surface area contributed by atoms with Crippen LogP contribution in [0.15, 0.2) is 18.2 Å². The molecule has 1 aromatic carbocycles. The van der Waals surface area contributed by atoms with Gasteiger partial charge in [0.25, 0.3) is 0 Å². The minimum Gasteiger partial charge on any atom is -0.466 e. The van der Waals surface area contributed by atoms with Gasteiger partial charge in [0.15, 0.2) is 0 Å². The Morgan fingerprint density at radius 2 is 2.00 bits per heavy atom. The number of benzene rings is 1. The monoisotopic (exact) mass is 550 g/mol. The molecule has 0 aromatic heterocycles. The molecule has 1 aromatic rings. The van der Waals surface area contributed by atoms with E-state index in [2.05, 4.69) is 21.2 Å². The minimum absolute atomic E-state index is 0.137. The molecule has 9 heteroatoms. The van der Waals surface area contributed by atoms with E-state index in [0.29, 0.717) is 31.5 Å². The lowest BCUT2D eigenvalue weighted by Gasteiger charge is -2.34. The first kappa shape index (κ1) is 26.1. The Morgan fingerprint density at radius 1 is 1.26 bits per heavy atom. The fourth-order valence-electron chi connectivity index (χ4n) is 6.00. The average molecular weight is 551 g/mol. The number of unbranched alkanes of at least 4 members (excludes halogenated alkanes) is 3. The lowest BCUT2D eigenvalue weighted by atomic mass is 9.70. The first-order valence-electron chi connectivity index (χ1n) is 12.5. The Morgan fingerprint density at radius 3 is 2.71 bits per heavy atom. The van der Waals surface area contributed by atoms with Crippen LogP contribution in [0.25, 0.3) is 0 Å². The quantitative estimate of drug-likeness (QED) is 0.263. The number of hydrogen-bond donors (Lipinski definition) is 2. The molecule has 8 nitrogen and oxygen atoms in total. The number of nitrogens with zero attached hydrogens (tertiary/aromatic N) is 1. The number of amides is 2. The first-order chi connectivity index (χ1) is 16.7. The van der Waals surface area contributed by atoms with Gasteiger partial charge in [0.05, 0.1) is 24.5 Å². The number of likely N-dealkylation sites (tertiary alicyclic amines) is 1. The summed E-state index contributed by atoms with van der Waals surface area (Å²) in [7, 11) is 0. The number of aliphatic hydroxyl groups is 1. The highest BCUT2D eigenvalue weighted by Gasteiger charge is 2.76. The Hall–Kier alpha value is -1.97. The average Bonchev–Trinajstić information content (AvgIpc) is 3.40. The summed E-state index contributed by atoms with van der Waals surface area (Å²) in [5.41, 5.74) is 1.57. The number of carbonyl (C=O) groups is 3. The Kier molecular flexibility index (Phi) is 7.88. The number of anilines is 1. The fourth-order valence-corrected chi connectivity index (χ4v) is 6.94. The molecule has 3 heterocycles. The molecule has 2 bridgehead atoms. The molecule has 3 fully saturated rings. The number of rotatable bonds is 10. The van der Waals surface area contributed by atoms with Crippen molar-refractivity contribution >= 4 is 39.4 Å². The van der Waals surface area contributed by atoms with Gasteiger partial charge < -0.3 is 24.8 Å². The molecule has 1 spiro atoms. The van der Waals surface area contributed by atoms with Crippen LogP contribution in [-0.4, -0.2) is 70.1 Å². The third kappa shape index (κ3) is 4.62. The van der Waals surface area contributed by atoms with Gasteiger partial charge in [-0.15, -0.1) is 0 Å². The zero-order valence-corrected chi connectivity index (χ0v) is 22.2. The van der Waals surface area contributed by atoms with Crippen LogP contribution in [0.3, 0.4) is 0 Å². The summed E-state index contributed by atoms with van der Waals surface area (Å²) < 4.78 is 11.8. The lowest BCUT2D eigenvalue weighted by Crippen LogP contribution is -2.54. The van der Waals surface area contributed by atoms with Crippen molar-refractivity contribution in [3.8, 4) is 0 Å². The number of carbonyl (C=O) groups excluding carboxylic acids is 3. The number of nitrogens with one attached hydrogen (secondary N) is 1. The molecule has 0 aliphatic carbocycles. The topological polar surface area (TPSA) is 105 Å². The molecule has 3 unspecified atom stereocenters. The van der Waals surface area contributed by atoms with Crippen molar-refractivity contribution in [1.82, 2.24) is 4.90 Å². The van der Waals surface area contributed by atoms with E-state index in [1.165, 1.54) is 0 Å². The SMILES string of the molecule is CCOC(=O)[C@H]1[C@@H]2OC3(CC2Br)C(C(=O)Nc2cc(C)ccc2C)N(CCCCCCO)C(=O)[C@H]13. The highest BCUT2D eigenvalue weighted by molar-refractivity contribution is 9.09. The molecule has 4 rings (SSSR count). The number of aliphatic hydroxyl groups excluding tert-OH is 1. The predicted molar refractivity (Wildman–Crippen MR) is 134 cm³/mol. The van der Waals surface area contributed by atoms with Gasteiger partial charge in [-0.05, 0) is 57.2 Å². The van der Waals surface area contributed by atoms with Crippen molar-refractivity contribution in [3.63, 3.8) is 0 Å². The number of hydrogen-bond acceptors (Lipinski definition) is 6. The van der Waals surface area contributed by atoms with Crippen LogP contribution in [-0.2, 0) is 23.9 Å². The number of alkyl halides is 1. The Bertz CT molecular complexity index is 987. The van der Waals surface area contributed by atoms with Crippen molar-refractivity contribution in [2.75, 3.05) is 25.1 Å². The van der Waals surface area contributed by atoms with Gasteiger partial charge in [-0.25, -0.2) is 0 Å². The number of esters is 1. The van der Waals surface area contributed by atoms with Crippen molar-refractivity contribution in [2.24, 2.45) is 11.8 Å². The van der Waals surface area contributed by atoms with E-state index in [-0.39, 0.29) is 29.9 Å². The van der Waals surface area contributed by atoms with Crippen molar-refractivity contribution in [2.45, 2.75) is 75.4 Å². The van der Waals surface area contributed by atoms with E-state index in [4.69, 9.17) is 14.6 Å². The minimum atomic E-state index is -1.08. The molecule has 35 heavy (non-hydrogen) atoms. The van der Waals surface area contributed by atoms with Crippen molar-refractivity contribution in [1.29, 1.82) is 0 Å². The predicted octanol–water partition coefficient (Wildman–Crippen LogP) is 3.11. The van der Waals surface area contributed by atoms with E-state index < -0.39 is 35.6 Å². The number of aryl methyl sites for hydroxylation is 2. The number of fused-ring (bicyclic) bond motifs is 1. The van der Waals surface area contributed by atoms with E-state index in [9.17, 15) is 14.4 Å². The summed E-state index contributed by atoms with van der Waals surface area (Å²) in [5.74, 6) is -2.44. The van der Waals surface area contributed by atoms with Crippen LogP contribution < -0.4 is 5.32 Å². The normalized spacial score (nSPS) is 31.1. The van der Waals surface area contributed by atoms with Crippen molar-refractivity contribution in [3.05, 3.63) is 29.3 Å². The zero-order valence-electron chi connectivity index (χ0n) is 20.6. The smallest absolute Gasteiger partial charge is 0.312 e. The maximum absolute atomic E-state index is 13.9. The van der Waals surface area contributed by atoms with Crippen molar-refractivity contribution < 1.29 is 29.0 Å². The molecule has 192 valence electrons. The van der Waals surface area contributed by atoms with Gasteiger partial charge in [-0.3, -0.25) is 14.4 Å². The van der Waals surface area contributed by atoms with Gasteiger partial charge >= 0.3 is 5.97 Å². The molecule has 3 saturated heterocycles. The first-order valence-corrected chi connectivity index (χ1v) is 13.4. The molecular formula is C26H35BrN2O6. The second-order valence-electron chi connectivity index (χ2n) is 9.89. The molecule has 0 radical (unpaired) electrons. The Labute approximate surface area is 214 Å². The van der Waals surface area contributed by atoms with Gasteiger partial charge in [0.2, 0.25) is 11.8 Å². The summed E-state index contributed by atoms with van der Waals surface area (Å²) in [6.45, 7) is 6.37. The highest BCUT2D eigenvalue weighted by atomic mass is 79.9. The third-order valence-electron chi connectivity index (χ3n) is 7.55. The van der Waals surface area contributed by atoms with Gasteiger partial charge in [0, 0.05) is 23.7 Å². The molecule has 3 aliphatic rings. The molecular weight excluding hydrogens is 516 g/mol. The molecule has 2 N–H and O–H groups in total. The third-order valence-corrected chi connectivity index (χ3v) is 8.40. The fraction of sp³-hybridized carbons (Fsp3) is 0.654. The number of halogens is 1. The molecule has 3 aliphatic heterocycles. The van der Waals surface area contributed by atoms with E-state index in [0.717, 1.165) is 24.0 Å². The van der Waals surface area contributed by atoms with Gasteiger partial charge in [0.1, 0.15) is 11.6 Å². The summed E-state index contributed by atoms with van der Waals surface area (Å²) >= 11 is 3.65. The van der Waals surface area contributed by atoms with E-state index >= 15 is 0 Å². The summed E-state index contributed by atoms with van der Waals surface area (Å²) in [4.78, 5) is 42.1. The Balaban J connectivity index is 1.66. The molecule has 6 atom stereocenters. The molecule has 2 amide bonds. The summed E-state index contributed by atoms with van der Waals surface area (Å²) in [5, 5.41) is 12.1. The second kappa shape index (κ2) is 10.6. The van der Waals surface area contributed by atoms with Crippen LogP contribution in [0, 0.1) is 25.7 Å². The van der Waals surface area contributed by atoms with Crippen LogP contribution >= 0.6 is 15.9 Å². The lowest BCUT2D eigenvalue weighted by molar-refractivity contribution is -0.154. The van der Waals surface area contributed by atoms with Crippen LogP contribution in [0.2, 0.25) is 0 Å². The van der Waals surface area contributed by atoms with Crippen LogP contribution in [0.1, 0.15) is 50.2 Å². The van der Waals surface area contributed by atoms with E-state index in [1.54, 1.807) is 11.8 Å². The highest BCUT2D eigenvalue weighted by Crippen LogP contribution is 2.60. The standard InChI is InChI=1S/C26H35BrN2O6/c1-4-34-25(33)19-20-24(32)29(11-7-5-6-8-12-30)22(26(20)14-17(27)21(19)35-26)23(31)28-18-13-15(2)9-10-16(18)3/h9-10,13,17,19-22,30H,4-8,11-12,14H2,1-3H3,(H,28,31)/t17?,19-,20+,21-,22?,26?/m1/s1. The largest absolute Gasteiger partial charge is 0.466 e. The van der Waals surface area contributed by atoms with Gasteiger partial charge in [-0.1, -0.05) is 40.9 Å². The van der Waals surface area contributed by atoms with Crippen LogP contribution in [0.4, 0.5) is 5.69 Å². The molecule has 0 saturated carbocycles. The zero-order chi connectivity index (χ0) is 25.3. The summed E-state index contributed by atoms with van der Waals surface area (Å²) in [6, 6.07) is 5.01. The van der Waals surface area contributed by atoms with E-state index in [1.807, 2.05) is 32.0 Å². The maximum atomic E-state index is 13.9. The number of ether oxygens (including phenoxy) is 2. The maximum Gasteiger partial charge on any atom is 0.312 e.